The summed E-state index contributed by atoms with van der Waals surface area (Å²) < 4.78 is 59.9. The number of ether oxygens (including phenoxy) is 2. The SMILES string of the molecule is CCOP(=O)(COc1cc(C(C)(C)C)cc(C(C)(C)C)c1OCP(=O)(OCC)OCC)OCC. The van der Waals surface area contributed by atoms with E-state index in [1.165, 1.54) is 0 Å². The van der Waals surface area contributed by atoms with Crippen LogP contribution in [0.25, 0.3) is 0 Å². The maximum absolute atomic E-state index is 13.1. The Morgan fingerprint density at radius 1 is 0.647 bits per heavy atom. The largest absolute Gasteiger partial charge is 0.477 e. The van der Waals surface area contributed by atoms with Crippen molar-refractivity contribution >= 4 is 15.2 Å². The molecule has 0 aliphatic rings. The third kappa shape index (κ3) is 9.29. The van der Waals surface area contributed by atoms with Gasteiger partial charge in [0.15, 0.2) is 24.2 Å². The molecule has 8 nitrogen and oxygen atoms in total. The number of hydrogen-bond donors (Lipinski definition) is 0. The summed E-state index contributed by atoms with van der Waals surface area (Å²) in [6.07, 6.45) is -0.561. The van der Waals surface area contributed by atoms with E-state index in [0.29, 0.717) is 11.5 Å². The number of benzene rings is 1. The number of rotatable bonds is 14. The van der Waals surface area contributed by atoms with Crippen molar-refractivity contribution in [1.82, 2.24) is 0 Å². The molecular weight excluding hydrogens is 478 g/mol. The van der Waals surface area contributed by atoms with Gasteiger partial charge < -0.3 is 27.6 Å². The third-order valence-electron chi connectivity index (χ3n) is 4.78. The van der Waals surface area contributed by atoms with Crippen LogP contribution in [0.4, 0.5) is 0 Å². The quantitative estimate of drug-likeness (QED) is 0.232. The summed E-state index contributed by atoms with van der Waals surface area (Å²) in [5.74, 6) is 0.774. The molecular formula is C24H44O8P2. The van der Waals surface area contributed by atoms with Gasteiger partial charge >= 0.3 is 15.2 Å². The van der Waals surface area contributed by atoms with Gasteiger partial charge in [-0.15, -0.1) is 0 Å². The van der Waals surface area contributed by atoms with Crippen LogP contribution in [0.3, 0.4) is 0 Å². The first-order valence-electron chi connectivity index (χ1n) is 11.9. The van der Waals surface area contributed by atoms with E-state index in [1.807, 2.05) is 6.07 Å². The van der Waals surface area contributed by atoms with Crippen molar-refractivity contribution in [2.45, 2.75) is 80.1 Å². The summed E-state index contributed by atoms with van der Waals surface area (Å²) in [6.45, 7) is 20.4. The lowest BCUT2D eigenvalue weighted by Crippen LogP contribution is -2.19. The summed E-state index contributed by atoms with van der Waals surface area (Å²) in [5.41, 5.74) is 1.35. The minimum atomic E-state index is -3.48. The van der Waals surface area contributed by atoms with Crippen LogP contribution in [0.2, 0.25) is 0 Å². The summed E-state index contributed by atoms with van der Waals surface area (Å²) in [7, 11) is -6.95. The molecule has 0 heterocycles. The summed E-state index contributed by atoms with van der Waals surface area (Å²) >= 11 is 0. The van der Waals surface area contributed by atoms with Crippen LogP contribution in [0, 0.1) is 0 Å². The summed E-state index contributed by atoms with van der Waals surface area (Å²) in [5, 5.41) is 0. The van der Waals surface area contributed by atoms with E-state index in [1.54, 1.807) is 27.7 Å². The minimum Gasteiger partial charge on any atom is -0.477 e. The van der Waals surface area contributed by atoms with E-state index in [9.17, 15) is 9.13 Å². The van der Waals surface area contributed by atoms with Gasteiger partial charge in [0.05, 0.1) is 26.4 Å². The highest BCUT2D eigenvalue weighted by Gasteiger charge is 2.32. The van der Waals surface area contributed by atoms with Gasteiger partial charge in [0, 0.05) is 5.56 Å². The Morgan fingerprint density at radius 2 is 1.06 bits per heavy atom. The molecule has 1 aromatic carbocycles. The second-order valence-corrected chi connectivity index (χ2v) is 13.8. The molecule has 0 aliphatic carbocycles. The van der Waals surface area contributed by atoms with Gasteiger partial charge in [0.25, 0.3) is 0 Å². The first-order valence-corrected chi connectivity index (χ1v) is 15.3. The molecule has 0 bridgehead atoms. The summed E-state index contributed by atoms with van der Waals surface area (Å²) in [4.78, 5) is 0. The summed E-state index contributed by atoms with van der Waals surface area (Å²) in [6, 6.07) is 3.93. The fourth-order valence-corrected chi connectivity index (χ4v) is 5.76. The molecule has 10 heteroatoms. The van der Waals surface area contributed by atoms with Gasteiger partial charge in [-0.3, -0.25) is 9.13 Å². The molecule has 0 saturated carbocycles. The normalized spacial score (nSPS) is 13.2. The van der Waals surface area contributed by atoms with Crippen molar-refractivity contribution in [3.05, 3.63) is 23.3 Å². The Balaban J connectivity index is 3.57. The first kappa shape index (κ1) is 31.2. The fraction of sp³-hybridized carbons (Fsp3) is 0.750. The molecule has 0 N–H and O–H groups in total. The van der Waals surface area contributed by atoms with Gasteiger partial charge in [0.1, 0.15) is 0 Å². The highest BCUT2D eigenvalue weighted by Crippen LogP contribution is 2.52. The van der Waals surface area contributed by atoms with Crippen molar-refractivity contribution < 1.29 is 36.7 Å². The Kier molecular flexibility index (Phi) is 11.8. The van der Waals surface area contributed by atoms with E-state index in [2.05, 4.69) is 47.6 Å². The van der Waals surface area contributed by atoms with Crippen LogP contribution < -0.4 is 9.47 Å². The van der Waals surface area contributed by atoms with E-state index in [0.717, 1.165) is 11.1 Å². The van der Waals surface area contributed by atoms with Crippen molar-refractivity contribution in [2.24, 2.45) is 0 Å². The van der Waals surface area contributed by atoms with Gasteiger partial charge in [-0.25, -0.2) is 0 Å². The second-order valence-electron chi connectivity index (χ2n) is 9.79. The lowest BCUT2D eigenvalue weighted by molar-refractivity contribution is 0.187. The monoisotopic (exact) mass is 522 g/mol. The Labute approximate surface area is 206 Å². The standard InChI is InChI=1S/C24H44O8P2/c1-11-29-33(25,30-12-2)17-27-21-16-19(23(5,6)7)15-20(24(8,9)10)22(21)28-18-34(26,31-13-3)32-14-4/h15-16H,11-14,17-18H2,1-10H3. The molecule has 34 heavy (non-hydrogen) atoms. The zero-order valence-corrected chi connectivity index (χ0v) is 24.3. The molecule has 198 valence electrons. The zero-order chi connectivity index (χ0) is 26.2. The molecule has 0 atom stereocenters. The fourth-order valence-electron chi connectivity index (χ4n) is 3.15. The first-order chi connectivity index (χ1) is 15.6. The van der Waals surface area contributed by atoms with E-state index >= 15 is 0 Å². The van der Waals surface area contributed by atoms with Crippen LogP contribution in [0.1, 0.15) is 80.4 Å². The van der Waals surface area contributed by atoms with Crippen LogP contribution in [0.5, 0.6) is 11.5 Å². The number of hydrogen-bond acceptors (Lipinski definition) is 8. The van der Waals surface area contributed by atoms with Crippen molar-refractivity contribution in [1.29, 1.82) is 0 Å². The maximum Gasteiger partial charge on any atom is 0.367 e. The maximum atomic E-state index is 13.1. The Bertz CT molecular complexity index is 851. The highest BCUT2D eigenvalue weighted by molar-refractivity contribution is 7.53. The van der Waals surface area contributed by atoms with Crippen molar-refractivity contribution in [2.75, 3.05) is 39.1 Å². The van der Waals surface area contributed by atoms with Gasteiger partial charge in [-0.2, -0.15) is 0 Å². The van der Waals surface area contributed by atoms with Crippen molar-refractivity contribution in [3.63, 3.8) is 0 Å². The molecule has 0 aliphatic heterocycles. The van der Waals surface area contributed by atoms with Gasteiger partial charge in [0.2, 0.25) is 0 Å². The van der Waals surface area contributed by atoms with Crippen LogP contribution in [-0.2, 0) is 38.1 Å². The lowest BCUT2D eigenvalue weighted by atomic mass is 9.80. The molecule has 1 rings (SSSR count). The Hall–Kier alpha value is -0.880. The van der Waals surface area contributed by atoms with Gasteiger partial charge in [-0.1, -0.05) is 47.6 Å². The second kappa shape index (κ2) is 12.9. The highest BCUT2D eigenvalue weighted by atomic mass is 31.2. The predicted octanol–water partition coefficient (Wildman–Crippen LogP) is 7.49. The molecule has 0 saturated heterocycles. The molecule has 0 amide bonds. The molecule has 0 radical (unpaired) electrons. The Morgan fingerprint density at radius 3 is 1.41 bits per heavy atom. The van der Waals surface area contributed by atoms with E-state index < -0.39 is 15.2 Å². The molecule has 1 aromatic rings. The third-order valence-corrected chi connectivity index (χ3v) is 8.27. The van der Waals surface area contributed by atoms with Crippen LogP contribution in [-0.4, -0.2) is 39.1 Å². The predicted molar refractivity (Wildman–Crippen MR) is 137 cm³/mol. The topological polar surface area (TPSA) is 89.5 Å². The lowest BCUT2D eigenvalue weighted by Gasteiger charge is -2.30. The average molecular weight is 523 g/mol. The minimum absolute atomic E-state index is 0.188. The van der Waals surface area contributed by atoms with E-state index in [4.69, 9.17) is 27.6 Å². The zero-order valence-electron chi connectivity index (χ0n) is 22.6. The van der Waals surface area contributed by atoms with Crippen LogP contribution >= 0.6 is 15.2 Å². The molecule has 0 aromatic heterocycles. The molecule has 0 unspecified atom stereocenters. The molecule has 0 spiro atoms. The van der Waals surface area contributed by atoms with Crippen molar-refractivity contribution in [3.8, 4) is 11.5 Å². The molecule has 0 fully saturated rings. The average Bonchev–Trinajstić information content (AvgIpc) is 2.70. The van der Waals surface area contributed by atoms with E-state index in [-0.39, 0.29) is 50.0 Å². The van der Waals surface area contributed by atoms with Crippen LogP contribution in [0.15, 0.2) is 12.1 Å². The smallest absolute Gasteiger partial charge is 0.367 e. The van der Waals surface area contributed by atoms with Gasteiger partial charge in [-0.05, 0) is 50.2 Å².